The van der Waals surface area contributed by atoms with Crippen LogP contribution in [-0.2, 0) is 6.42 Å². The predicted molar refractivity (Wildman–Crippen MR) is 88.0 cm³/mol. The molecule has 2 aromatic rings. The van der Waals surface area contributed by atoms with Gasteiger partial charge in [0.2, 0.25) is 0 Å². The minimum absolute atomic E-state index is 0.0571. The summed E-state index contributed by atoms with van der Waals surface area (Å²) in [5.41, 5.74) is 8.61. The van der Waals surface area contributed by atoms with Crippen LogP contribution in [0.5, 0.6) is 0 Å². The third kappa shape index (κ3) is 4.66. The number of rotatable bonds is 7. The second kappa shape index (κ2) is 7.91. The number of likely N-dealkylation sites (N-methyl/N-ethyl adjacent to an activating group) is 1. The van der Waals surface area contributed by atoms with Gasteiger partial charge in [0.05, 0.1) is 11.7 Å². The van der Waals surface area contributed by atoms with E-state index in [-0.39, 0.29) is 12.1 Å². The molecule has 3 nitrogen and oxygen atoms in total. The highest BCUT2D eigenvalue weighted by Gasteiger charge is 2.21. The molecule has 0 amide bonds. The maximum atomic E-state index is 6.17. The van der Waals surface area contributed by atoms with Crippen LogP contribution in [0.2, 0.25) is 0 Å². The van der Waals surface area contributed by atoms with Crippen LogP contribution in [0.3, 0.4) is 0 Å². The predicted octanol–water partition coefficient (Wildman–Crippen LogP) is 3.03. The number of nitrogens with two attached hydrogens (primary N) is 1. The minimum Gasteiger partial charge on any atom is -0.326 e. The molecule has 2 rings (SSSR count). The van der Waals surface area contributed by atoms with E-state index in [4.69, 9.17) is 5.73 Å². The van der Waals surface area contributed by atoms with Gasteiger partial charge in [-0.05, 0) is 51.1 Å². The van der Waals surface area contributed by atoms with Crippen LogP contribution >= 0.6 is 0 Å². The summed E-state index contributed by atoms with van der Waals surface area (Å²) in [4.78, 5) is 6.78. The summed E-state index contributed by atoms with van der Waals surface area (Å²) in [6.07, 6.45) is 4.05. The SMILES string of the molecule is CC(N)C(c1ccccn1)N(C)CCCc1ccccc1. The van der Waals surface area contributed by atoms with E-state index in [9.17, 15) is 0 Å². The Morgan fingerprint density at radius 2 is 1.81 bits per heavy atom. The Balaban J connectivity index is 1.92. The lowest BCUT2D eigenvalue weighted by molar-refractivity contribution is 0.212. The van der Waals surface area contributed by atoms with Crippen molar-refractivity contribution in [1.82, 2.24) is 9.88 Å². The fourth-order valence-electron chi connectivity index (χ4n) is 2.76. The van der Waals surface area contributed by atoms with E-state index < -0.39 is 0 Å². The standard InChI is InChI=1S/C18H25N3/c1-15(19)18(17-12-6-7-13-20-17)21(2)14-8-11-16-9-4-3-5-10-16/h3-7,9-10,12-13,15,18H,8,11,14,19H2,1-2H3. The van der Waals surface area contributed by atoms with Crippen LogP contribution in [0.4, 0.5) is 0 Å². The minimum atomic E-state index is 0.0571. The molecule has 0 saturated heterocycles. The van der Waals surface area contributed by atoms with Gasteiger partial charge in [0.25, 0.3) is 0 Å². The molecular weight excluding hydrogens is 258 g/mol. The van der Waals surface area contributed by atoms with Gasteiger partial charge < -0.3 is 5.73 Å². The monoisotopic (exact) mass is 283 g/mol. The van der Waals surface area contributed by atoms with E-state index >= 15 is 0 Å². The van der Waals surface area contributed by atoms with Crippen molar-refractivity contribution >= 4 is 0 Å². The van der Waals surface area contributed by atoms with E-state index in [0.29, 0.717) is 0 Å². The molecule has 1 aromatic heterocycles. The number of aromatic nitrogens is 1. The molecule has 0 fully saturated rings. The average molecular weight is 283 g/mol. The topological polar surface area (TPSA) is 42.1 Å². The zero-order valence-corrected chi connectivity index (χ0v) is 12.9. The highest BCUT2D eigenvalue weighted by molar-refractivity contribution is 5.15. The van der Waals surface area contributed by atoms with E-state index in [0.717, 1.165) is 25.1 Å². The zero-order chi connectivity index (χ0) is 15.1. The molecule has 1 heterocycles. The van der Waals surface area contributed by atoms with Crippen molar-refractivity contribution in [2.75, 3.05) is 13.6 Å². The van der Waals surface area contributed by atoms with Crippen molar-refractivity contribution in [2.24, 2.45) is 5.73 Å². The second-order valence-corrected chi connectivity index (χ2v) is 5.63. The molecule has 21 heavy (non-hydrogen) atoms. The first-order valence-corrected chi connectivity index (χ1v) is 7.59. The van der Waals surface area contributed by atoms with E-state index in [1.54, 1.807) is 0 Å². The molecule has 2 unspecified atom stereocenters. The molecule has 0 bridgehead atoms. The highest BCUT2D eigenvalue weighted by Crippen LogP contribution is 2.20. The van der Waals surface area contributed by atoms with Gasteiger partial charge in [-0.15, -0.1) is 0 Å². The molecule has 1 aromatic carbocycles. The third-order valence-corrected chi connectivity index (χ3v) is 3.78. The molecule has 2 N–H and O–H groups in total. The molecule has 112 valence electrons. The Bertz CT molecular complexity index is 511. The fraction of sp³-hybridized carbons (Fsp3) is 0.389. The van der Waals surface area contributed by atoms with Gasteiger partial charge >= 0.3 is 0 Å². The molecular formula is C18H25N3. The molecule has 0 saturated carbocycles. The van der Waals surface area contributed by atoms with Crippen molar-refractivity contribution < 1.29 is 0 Å². The average Bonchev–Trinajstić information content (AvgIpc) is 2.49. The van der Waals surface area contributed by atoms with E-state index in [1.807, 2.05) is 25.3 Å². The molecule has 0 spiro atoms. The molecule has 2 atom stereocenters. The van der Waals surface area contributed by atoms with E-state index in [1.165, 1.54) is 5.56 Å². The van der Waals surface area contributed by atoms with Gasteiger partial charge in [0.15, 0.2) is 0 Å². The molecule has 0 aliphatic carbocycles. The van der Waals surface area contributed by atoms with E-state index in [2.05, 4.69) is 53.3 Å². The van der Waals surface area contributed by atoms with Crippen LogP contribution in [-0.4, -0.2) is 29.5 Å². The summed E-state index contributed by atoms with van der Waals surface area (Å²) in [5.74, 6) is 0. The van der Waals surface area contributed by atoms with Crippen LogP contribution in [0, 0.1) is 0 Å². The summed E-state index contributed by atoms with van der Waals surface area (Å²) in [5, 5.41) is 0. The molecule has 0 radical (unpaired) electrons. The number of pyridine rings is 1. The van der Waals surface area contributed by atoms with Crippen molar-refractivity contribution in [3.63, 3.8) is 0 Å². The normalized spacial score (nSPS) is 14.1. The molecule has 3 heteroatoms. The summed E-state index contributed by atoms with van der Waals surface area (Å²) >= 11 is 0. The van der Waals surface area contributed by atoms with Gasteiger partial charge in [-0.2, -0.15) is 0 Å². The van der Waals surface area contributed by atoms with Crippen LogP contribution < -0.4 is 5.73 Å². The highest BCUT2D eigenvalue weighted by atomic mass is 15.2. The Labute approximate surface area is 127 Å². The maximum Gasteiger partial charge on any atom is 0.0668 e. The van der Waals surface area contributed by atoms with Gasteiger partial charge in [0, 0.05) is 12.2 Å². The van der Waals surface area contributed by atoms with Crippen LogP contribution in [0.15, 0.2) is 54.7 Å². The molecule has 0 aliphatic heterocycles. The number of aryl methyl sites for hydroxylation is 1. The number of benzene rings is 1. The van der Waals surface area contributed by atoms with Crippen molar-refractivity contribution in [1.29, 1.82) is 0 Å². The first-order valence-electron chi connectivity index (χ1n) is 7.59. The quantitative estimate of drug-likeness (QED) is 0.849. The summed E-state index contributed by atoms with van der Waals surface area (Å²) in [6, 6.07) is 16.9. The Kier molecular flexibility index (Phi) is 5.90. The lowest BCUT2D eigenvalue weighted by Gasteiger charge is -2.30. The van der Waals surface area contributed by atoms with Gasteiger partial charge in [-0.3, -0.25) is 9.88 Å². The third-order valence-electron chi connectivity index (χ3n) is 3.78. The van der Waals surface area contributed by atoms with Crippen molar-refractivity contribution in [3.05, 3.63) is 66.0 Å². The van der Waals surface area contributed by atoms with Gasteiger partial charge in [-0.25, -0.2) is 0 Å². The molecule has 0 aliphatic rings. The summed E-state index contributed by atoms with van der Waals surface area (Å²) < 4.78 is 0. The fourth-order valence-corrected chi connectivity index (χ4v) is 2.76. The second-order valence-electron chi connectivity index (χ2n) is 5.63. The van der Waals surface area contributed by atoms with Crippen LogP contribution in [0.1, 0.15) is 30.6 Å². The smallest absolute Gasteiger partial charge is 0.0668 e. The summed E-state index contributed by atoms with van der Waals surface area (Å²) in [7, 11) is 2.13. The number of hydrogen-bond acceptors (Lipinski definition) is 3. The summed E-state index contributed by atoms with van der Waals surface area (Å²) in [6.45, 7) is 3.06. The first kappa shape index (κ1) is 15.7. The zero-order valence-electron chi connectivity index (χ0n) is 12.9. The Hall–Kier alpha value is -1.71. The number of nitrogens with zero attached hydrogens (tertiary/aromatic N) is 2. The van der Waals surface area contributed by atoms with Crippen molar-refractivity contribution in [3.8, 4) is 0 Å². The van der Waals surface area contributed by atoms with Gasteiger partial charge in [0.1, 0.15) is 0 Å². The first-order chi connectivity index (χ1) is 10.2. The lowest BCUT2D eigenvalue weighted by Crippen LogP contribution is -2.38. The largest absolute Gasteiger partial charge is 0.326 e. The van der Waals surface area contributed by atoms with Crippen LogP contribution in [0.25, 0.3) is 0 Å². The lowest BCUT2D eigenvalue weighted by atomic mass is 10.0. The van der Waals surface area contributed by atoms with Crippen molar-refractivity contribution in [2.45, 2.75) is 31.8 Å². The Morgan fingerprint density at radius 3 is 2.43 bits per heavy atom. The maximum absolute atomic E-state index is 6.17. The Morgan fingerprint density at radius 1 is 1.10 bits per heavy atom. The number of hydrogen-bond donors (Lipinski definition) is 1. The van der Waals surface area contributed by atoms with Gasteiger partial charge in [-0.1, -0.05) is 36.4 Å².